The molecule has 1 fully saturated rings. The number of guanidine groups is 1. The Hall–Kier alpha value is -3.16. The summed E-state index contributed by atoms with van der Waals surface area (Å²) in [6, 6.07) is 4.40. The highest BCUT2D eigenvalue weighted by Crippen LogP contribution is 2.20. The molecule has 0 bridgehead atoms. The molecule has 1 saturated heterocycles. The van der Waals surface area contributed by atoms with E-state index >= 15 is 0 Å². The molecule has 1 aromatic carbocycles. The summed E-state index contributed by atoms with van der Waals surface area (Å²) in [7, 11) is -8.26. The second kappa shape index (κ2) is 17.7. The van der Waals surface area contributed by atoms with Crippen molar-refractivity contribution < 1.29 is 40.3 Å². The Labute approximate surface area is 246 Å². The van der Waals surface area contributed by atoms with Crippen molar-refractivity contribution in [3.63, 3.8) is 0 Å². The fourth-order valence-corrected chi connectivity index (χ4v) is 5.18. The number of amides is 2. The molecular formula is C24H41N7O9S2. The molecule has 0 aliphatic carbocycles. The summed E-state index contributed by atoms with van der Waals surface area (Å²) in [4.78, 5) is 42.6. The number of hydrogen-bond acceptors (Lipinski definition) is 9. The predicted octanol–water partition coefficient (Wildman–Crippen LogP) is -1.15. The van der Waals surface area contributed by atoms with Crippen molar-refractivity contribution in [3.05, 3.63) is 29.8 Å². The van der Waals surface area contributed by atoms with Crippen LogP contribution in [-0.4, -0.2) is 92.7 Å². The number of carbonyl (C=O) groups excluding carboxylic acids is 3. The number of benzene rings is 1. The number of aryl methyl sites for hydroxylation is 1. The molecule has 1 aliphatic rings. The highest BCUT2D eigenvalue weighted by molar-refractivity contribution is 7.89. The monoisotopic (exact) mass is 635 g/mol. The van der Waals surface area contributed by atoms with Gasteiger partial charge in [0.1, 0.15) is 12.3 Å². The van der Waals surface area contributed by atoms with Gasteiger partial charge in [0, 0.05) is 19.6 Å². The average Bonchev–Trinajstić information content (AvgIpc) is 3.39. The van der Waals surface area contributed by atoms with Crippen LogP contribution in [0.1, 0.15) is 50.5 Å². The van der Waals surface area contributed by atoms with Crippen LogP contribution >= 0.6 is 0 Å². The van der Waals surface area contributed by atoms with E-state index in [9.17, 15) is 22.8 Å². The van der Waals surface area contributed by atoms with E-state index in [-0.39, 0.29) is 29.2 Å². The zero-order valence-electron chi connectivity index (χ0n) is 23.4. The lowest BCUT2D eigenvalue weighted by Crippen LogP contribution is -2.53. The third-order valence-electron chi connectivity index (χ3n) is 6.18. The number of sulfonamides is 1. The van der Waals surface area contributed by atoms with Gasteiger partial charge in [-0.05, 0) is 57.6 Å². The first-order valence-corrected chi connectivity index (χ1v) is 16.1. The molecule has 3 atom stereocenters. The second-order valence-electron chi connectivity index (χ2n) is 9.65. The van der Waals surface area contributed by atoms with E-state index < -0.39 is 38.5 Å². The predicted molar refractivity (Wildman–Crippen MR) is 155 cm³/mol. The number of nitrogens with two attached hydrogens (primary N) is 3. The Morgan fingerprint density at radius 2 is 1.71 bits per heavy atom. The lowest BCUT2D eigenvalue weighted by Gasteiger charge is -2.27. The standard InChI is InChI=1S/C24H39N7O5S.H2O4S/c1-17-9-11-19(12-10-17)37(35,36)29-14-3-2-7-20(25)23(34)31-15-5-8-21(31)22(33)30-18(16-32)6-4-13-28-24(26)27;1-5(2,3)4/h9-12,16,18,20-21,29H,2-8,13-15,25H2,1H3,(H,30,33)(H4,26,27,28);(H2,1,2,3,4)/t18-,20+,21-;/m0./s1. The molecule has 0 spiro atoms. The van der Waals surface area contributed by atoms with Gasteiger partial charge >= 0.3 is 10.4 Å². The third-order valence-corrected chi connectivity index (χ3v) is 7.66. The number of rotatable bonds is 15. The summed E-state index contributed by atoms with van der Waals surface area (Å²) in [6.07, 6.45) is 4.11. The van der Waals surface area contributed by atoms with Crippen LogP contribution in [0.2, 0.25) is 0 Å². The maximum atomic E-state index is 12.9. The van der Waals surface area contributed by atoms with E-state index in [4.69, 9.17) is 34.7 Å². The zero-order chi connectivity index (χ0) is 31.9. The van der Waals surface area contributed by atoms with Crippen molar-refractivity contribution in [2.24, 2.45) is 22.2 Å². The Balaban J connectivity index is 0.00000162. The number of nitrogens with one attached hydrogen (secondary N) is 2. The number of nitrogens with zero attached hydrogens (tertiary/aromatic N) is 2. The topological polar surface area (TPSA) is 278 Å². The molecule has 2 amide bonds. The van der Waals surface area contributed by atoms with Crippen LogP contribution in [-0.2, 0) is 34.8 Å². The Morgan fingerprint density at radius 3 is 2.29 bits per heavy atom. The molecule has 238 valence electrons. The van der Waals surface area contributed by atoms with Gasteiger partial charge in [0.15, 0.2) is 5.96 Å². The third kappa shape index (κ3) is 14.6. The number of aliphatic imine (C=N–C) groups is 1. The van der Waals surface area contributed by atoms with Gasteiger partial charge in [-0.2, -0.15) is 8.42 Å². The number of aldehydes is 1. The SMILES string of the molecule is Cc1ccc(S(=O)(=O)NCCCC[C@@H](N)C(=O)N2CCC[C@H]2C(=O)N[C@H](C=O)CCCN=C(N)N)cc1.O=S(=O)(O)O. The van der Waals surface area contributed by atoms with Crippen LogP contribution in [0.25, 0.3) is 0 Å². The average molecular weight is 636 g/mol. The quantitative estimate of drug-likeness (QED) is 0.0395. The van der Waals surface area contributed by atoms with Crippen molar-refractivity contribution in [3.8, 4) is 0 Å². The fraction of sp³-hybridized carbons (Fsp3) is 0.583. The molecule has 0 radical (unpaired) electrons. The largest absolute Gasteiger partial charge is 0.394 e. The van der Waals surface area contributed by atoms with Crippen molar-refractivity contribution in [1.82, 2.24) is 14.9 Å². The molecule has 10 N–H and O–H groups in total. The first-order valence-electron chi connectivity index (χ1n) is 13.2. The fourth-order valence-electron chi connectivity index (χ4n) is 4.11. The van der Waals surface area contributed by atoms with Crippen LogP contribution in [0.5, 0.6) is 0 Å². The first-order chi connectivity index (χ1) is 19.5. The minimum Gasteiger partial charge on any atom is -0.370 e. The van der Waals surface area contributed by atoms with Crippen LogP contribution < -0.4 is 27.2 Å². The van der Waals surface area contributed by atoms with Gasteiger partial charge in [-0.25, -0.2) is 13.1 Å². The summed E-state index contributed by atoms with van der Waals surface area (Å²) in [5.74, 6) is -0.748. The molecule has 0 unspecified atom stereocenters. The van der Waals surface area contributed by atoms with E-state index in [1.165, 1.54) is 4.90 Å². The summed E-state index contributed by atoms with van der Waals surface area (Å²) >= 11 is 0. The smallest absolute Gasteiger partial charge is 0.370 e. The van der Waals surface area contributed by atoms with E-state index in [2.05, 4.69) is 15.0 Å². The Bertz CT molecular complexity index is 1260. The summed E-state index contributed by atoms with van der Waals surface area (Å²) in [5.41, 5.74) is 17.6. The molecule has 42 heavy (non-hydrogen) atoms. The molecular weight excluding hydrogens is 594 g/mol. The highest BCUT2D eigenvalue weighted by atomic mass is 32.3. The van der Waals surface area contributed by atoms with Crippen molar-refractivity contribution in [1.29, 1.82) is 0 Å². The molecule has 1 heterocycles. The number of likely N-dealkylation sites (tertiary alicyclic amines) is 1. The zero-order valence-corrected chi connectivity index (χ0v) is 25.0. The lowest BCUT2D eigenvalue weighted by atomic mass is 10.1. The van der Waals surface area contributed by atoms with E-state index in [1.807, 2.05) is 6.92 Å². The van der Waals surface area contributed by atoms with Gasteiger partial charge in [0.25, 0.3) is 0 Å². The van der Waals surface area contributed by atoms with Gasteiger partial charge in [-0.3, -0.25) is 23.7 Å². The van der Waals surface area contributed by atoms with Crippen LogP contribution in [0.4, 0.5) is 0 Å². The Kier molecular flexibility index (Phi) is 15.6. The lowest BCUT2D eigenvalue weighted by molar-refractivity contribution is -0.140. The minimum absolute atomic E-state index is 0.0355. The number of carbonyl (C=O) groups is 3. The van der Waals surface area contributed by atoms with Gasteiger partial charge in [0.2, 0.25) is 21.8 Å². The normalized spacial score (nSPS) is 16.5. The molecule has 0 saturated carbocycles. The summed E-state index contributed by atoms with van der Waals surface area (Å²) in [5, 5.41) is 2.69. The molecule has 2 rings (SSSR count). The highest BCUT2D eigenvalue weighted by Gasteiger charge is 2.36. The molecule has 18 heteroatoms. The molecule has 16 nitrogen and oxygen atoms in total. The van der Waals surface area contributed by atoms with E-state index in [0.717, 1.165) is 5.56 Å². The van der Waals surface area contributed by atoms with Crippen molar-refractivity contribution in [2.75, 3.05) is 19.6 Å². The van der Waals surface area contributed by atoms with Crippen molar-refractivity contribution in [2.45, 2.75) is 74.9 Å². The van der Waals surface area contributed by atoms with E-state index in [1.54, 1.807) is 24.3 Å². The van der Waals surface area contributed by atoms with Crippen LogP contribution in [0.15, 0.2) is 34.2 Å². The van der Waals surface area contributed by atoms with Gasteiger partial charge in [0.05, 0.1) is 17.0 Å². The number of hydrogen-bond donors (Lipinski definition) is 7. The molecule has 1 aliphatic heterocycles. The van der Waals surface area contributed by atoms with Gasteiger partial charge < -0.3 is 32.2 Å². The summed E-state index contributed by atoms with van der Waals surface area (Å²) < 4.78 is 58.8. The summed E-state index contributed by atoms with van der Waals surface area (Å²) in [6.45, 7) is 2.87. The molecule has 1 aromatic rings. The maximum absolute atomic E-state index is 12.9. The van der Waals surface area contributed by atoms with Gasteiger partial charge in [-0.15, -0.1) is 0 Å². The van der Waals surface area contributed by atoms with Crippen molar-refractivity contribution >= 4 is 44.5 Å². The first kappa shape index (κ1) is 36.9. The van der Waals surface area contributed by atoms with Crippen LogP contribution in [0.3, 0.4) is 0 Å². The maximum Gasteiger partial charge on any atom is 0.394 e. The Morgan fingerprint density at radius 1 is 1.10 bits per heavy atom. The van der Waals surface area contributed by atoms with Crippen LogP contribution in [0, 0.1) is 6.92 Å². The second-order valence-corrected chi connectivity index (χ2v) is 12.3. The van der Waals surface area contributed by atoms with Gasteiger partial charge in [-0.1, -0.05) is 24.1 Å². The van der Waals surface area contributed by atoms with E-state index in [0.29, 0.717) is 64.3 Å². The molecule has 0 aromatic heterocycles. The minimum atomic E-state index is -4.67. The number of unbranched alkanes of at least 4 members (excludes halogenated alkanes) is 1.